The highest BCUT2D eigenvalue weighted by Crippen LogP contribution is 2.45. The molecule has 1 aliphatic rings. The van der Waals surface area contributed by atoms with Crippen LogP contribution in [0.5, 0.6) is 46.0 Å². The second-order valence-electron chi connectivity index (χ2n) is 13.2. The van der Waals surface area contributed by atoms with Gasteiger partial charge in [-0.05, 0) is 109 Å². The van der Waals surface area contributed by atoms with Crippen molar-refractivity contribution in [1.29, 1.82) is 0 Å². The molecule has 1 fully saturated rings. The van der Waals surface area contributed by atoms with Crippen LogP contribution in [0.1, 0.15) is 13.8 Å². The van der Waals surface area contributed by atoms with Crippen LogP contribution in [0.25, 0.3) is 44.1 Å². The van der Waals surface area contributed by atoms with Crippen molar-refractivity contribution in [2.75, 3.05) is 42.7 Å². The van der Waals surface area contributed by atoms with Crippen LogP contribution in [-0.4, -0.2) is 82.3 Å². The van der Waals surface area contributed by atoms with Crippen molar-refractivity contribution < 1.29 is 47.5 Å². The molecular weight excluding hydrogens is 732 g/mol. The van der Waals surface area contributed by atoms with E-state index in [0.29, 0.717) is 67.8 Å². The Morgan fingerprint density at radius 2 is 0.895 bits per heavy atom. The maximum atomic E-state index is 14.0. The molecule has 294 valence electrons. The van der Waals surface area contributed by atoms with Gasteiger partial charge in [0.1, 0.15) is 23.7 Å². The normalized spacial score (nSPS) is 16.0. The monoisotopic (exact) mass is 774 g/mol. The number of methoxy groups -OCH3 is 6. The topological polar surface area (TPSA) is 158 Å². The van der Waals surface area contributed by atoms with Gasteiger partial charge in [0.2, 0.25) is 11.5 Å². The van der Waals surface area contributed by atoms with Gasteiger partial charge in [-0.3, -0.25) is 20.1 Å². The predicted molar refractivity (Wildman–Crippen MR) is 213 cm³/mol. The van der Waals surface area contributed by atoms with Gasteiger partial charge < -0.3 is 43.2 Å². The number of carbonyl (C=O) groups is 2. The Hall–Kier alpha value is -6.96. The lowest BCUT2D eigenvalue weighted by Gasteiger charge is -2.37. The van der Waals surface area contributed by atoms with E-state index >= 15 is 0 Å². The zero-order chi connectivity index (χ0) is 40.4. The molecule has 0 aliphatic carbocycles. The Balaban J connectivity index is 1.30. The van der Waals surface area contributed by atoms with Crippen LogP contribution < -0.4 is 48.5 Å². The Labute approximate surface area is 328 Å². The molecule has 2 unspecified atom stereocenters. The van der Waals surface area contributed by atoms with Crippen LogP contribution in [-0.2, 0) is 4.79 Å². The smallest absolute Gasteiger partial charge is 0.322 e. The molecule has 0 spiro atoms. The van der Waals surface area contributed by atoms with E-state index in [1.807, 2.05) is 60.7 Å². The third-order valence-corrected chi connectivity index (χ3v) is 10.2. The molecule has 2 atom stereocenters. The second kappa shape index (κ2) is 15.6. The molecule has 1 aliphatic heterocycles. The lowest BCUT2D eigenvalue weighted by molar-refractivity contribution is -0.131. The largest absolute Gasteiger partial charge is 0.493 e. The fourth-order valence-electron chi connectivity index (χ4n) is 7.27. The van der Waals surface area contributed by atoms with Crippen LogP contribution in [0.4, 0.5) is 4.79 Å². The average Bonchev–Trinajstić information content (AvgIpc) is 3.56. The summed E-state index contributed by atoms with van der Waals surface area (Å²) in [5, 5.41) is 6.63. The van der Waals surface area contributed by atoms with Gasteiger partial charge in [0.25, 0.3) is 5.91 Å². The Morgan fingerprint density at radius 1 is 0.526 bits per heavy atom. The number of nitrogens with zero attached hydrogens (tertiary/aromatic N) is 2. The number of carbonyl (C=O) groups excluding carboxylic acids is 2. The first-order chi connectivity index (χ1) is 27.6. The van der Waals surface area contributed by atoms with Crippen molar-refractivity contribution >= 4 is 33.7 Å². The van der Waals surface area contributed by atoms with Crippen LogP contribution >= 0.6 is 0 Å². The molecule has 4 aromatic carbocycles. The number of fused-ring (bicyclic) bond motifs is 2. The van der Waals surface area contributed by atoms with Crippen molar-refractivity contribution in [2.45, 2.75) is 31.6 Å². The minimum atomic E-state index is -1.70. The van der Waals surface area contributed by atoms with Crippen molar-refractivity contribution in [3.05, 3.63) is 85.2 Å². The molecular formula is C43H42N4O10. The summed E-state index contributed by atoms with van der Waals surface area (Å²) in [5.41, 5.74) is 2.48. The van der Waals surface area contributed by atoms with Gasteiger partial charge >= 0.3 is 6.03 Å². The molecule has 7 rings (SSSR count). The Kier molecular flexibility index (Phi) is 10.5. The SMILES string of the molecule is COc1cc(-c2cc(OC(C)C3(C(C)Oc4cc(-c5cc(OC)c(OC)c(OC)c5)cc5ncccc45)NC(=O)NC3=O)c3cccnc3c2)cc(OC)c1OC. The number of hydrogen-bond acceptors (Lipinski definition) is 12. The fourth-order valence-corrected chi connectivity index (χ4v) is 7.27. The maximum Gasteiger partial charge on any atom is 0.322 e. The number of benzene rings is 4. The zero-order valence-corrected chi connectivity index (χ0v) is 32.7. The molecule has 3 amide bonds. The van der Waals surface area contributed by atoms with Gasteiger partial charge in [-0.25, -0.2) is 4.79 Å². The molecule has 0 bridgehead atoms. The lowest BCUT2D eigenvalue weighted by Crippen LogP contribution is -2.65. The highest BCUT2D eigenvalue weighted by molar-refractivity contribution is 6.08. The van der Waals surface area contributed by atoms with E-state index in [0.717, 1.165) is 22.3 Å². The quantitative estimate of drug-likeness (QED) is 0.110. The van der Waals surface area contributed by atoms with Crippen LogP contribution in [0.3, 0.4) is 0 Å². The summed E-state index contributed by atoms with van der Waals surface area (Å²) in [6.07, 6.45) is 1.39. The molecule has 1 saturated heterocycles. The summed E-state index contributed by atoms with van der Waals surface area (Å²) in [6, 6.07) is 21.5. The summed E-state index contributed by atoms with van der Waals surface area (Å²) in [7, 11) is 9.27. The Bertz CT molecular complexity index is 2300. The number of nitrogens with one attached hydrogen (secondary N) is 2. The van der Waals surface area contributed by atoms with E-state index in [2.05, 4.69) is 20.6 Å². The van der Waals surface area contributed by atoms with Crippen molar-refractivity contribution in [3.63, 3.8) is 0 Å². The summed E-state index contributed by atoms with van der Waals surface area (Å²) in [4.78, 5) is 36.2. The van der Waals surface area contributed by atoms with Crippen molar-refractivity contribution in [1.82, 2.24) is 20.6 Å². The van der Waals surface area contributed by atoms with Gasteiger partial charge in [-0.15, -0.1) is 0 Å². The van der Waals surface area contributed by atoms with E-state index in [1.54, 1.807) is 66.8 Å². The average molecular weight is 775 g/mol. The van der Waals surface area contributed by atoms with E-state index in [4.69, 9.17) is 37.9 Å². The molecule has 6 aromatic rings. The van der Waals surface area contributed by atoms with E-state index in [1.165, 1.54) is 14.2 Å². The molecule has 14 heteroatoms. The first kappa shape index (κ1) is 38.3. The summed E-state index contributed by atoms with van der Waals surface area (Å²) in [6.45, 7) is 3.43. The van der Waals surface area contributed by atoms with E-state index < -0.39 is 29.7 Å². The van der Waals surface area contributed by atoms with Gasteiger partial charge in [0, 0.05) is 23.2 Å². The summed E-state index contributed by atoms with van der Waals surface area (Å²) < 4.78 is 47.0. The number of pyridine rings is 2. The number of amides is 3. The van der Waals surface area contributed by atoms with Crippen LogP contribution in [0.15, 0.2) is 85.2 Å². The number of imide groups is 1. The summed E-state index contributed by atoms with van der Waals surface area (Å²) >= 11 is 0. The molecule has 0 radical (unpaired) electrons. The van der Waals surface area contributed by atoms with Crippen molar-refractivity contribution in [2.24, 2.45) is 0 Å². The van der Waals surface area contributed by atoms with Crippen LogP contribution in [0.2, 0.25) is 0 Å². The van der Waals surface area contributed by atoms with Gasteiger partial charge in [-0.2, -0.15) is 0 Å². The number of ether oxygens (including phenoxy) is 8. The molecule has 14 nitrogen and oxygen atoms in total. The van der Waals surface area contributed by atoms with Gasteiger partial charge in [-0.1, -0.05) is 0 Å². The number of hydrogen-bond donors (Lipinski definition) is 2. The van der Waals surface area contributed by atoms with Crippen LogP contribution in [0, 0.1) is 0 Å². The third-order valence-electron chi connectivity index (χ3n) is 10.2. The minimum absolute atomic E-state index is 0.413. The molecule has 0 saturated carbocycles. The standard InChI is InChI=1S/C43H42N4O10/c1-23(56-33-17-25(15-31-29(33)11-9-13-44-31)27-19-35(50-3)39(54-7)36(20-27)51-4)43(41(48)46-42(49)47-43)24(2)57-34-18-26(16-32-30(34)12-10-14-45-32)28-21-37(52-5)40(55-8)38(22-28)53-6/h9-24H,1-8H3,(H2,46,47,48,49). The molecule has 2 N–H and O–H groups in total. The van der Waals surface area contributed by atoms with Crippen molar-refractivity contribution in [3.8, 4) is 68.2 Å². The number of aromatic nitrogens is 2. The fraction of sp³-hybridized carbons (Fsp3) is 0.256. The minimum Gasteiger partial charge on any atom is -0.493 e. The maximum absolute atomic E-state index is 14.0. The van der Waals surface area contributed by atoms with E-state index in [-0.39, 0.29) is 0 Å². The highest BCUT2D eigenvalue weighted by atomic mass is 16.5. The molecule has 3 heterocycles. The predicted octanol–water partition coefficient (Wildman–Crippen LogP) is 6.98. The van der Waals surface area contributed by atoms with Gasteiger partial charge in [0.15, 0.2) is 28.5 Å². The highest BCUT2D eigenvalue weighted by Gasteiger charge is 2.57. The molecule has 2 aromatic heterocycles. The summed E-state index contributed by atoms with van der Waals surface area (Å²) in [5.74, 6) is 2.99. The first-order valence-electron chi connectivity index (χ1n) is 17.9. The van der Waals surface area contributed by atoms with Gasteiger partial charge in [0.05, 0.1) is 53.7 Å². The third kappa shape index (κ3) is 6.83. The number of rotatable bonds is 14. The molecule has 57 heavy (non-hydrogen) atoms. The number of urea groups is 1. The second-order valence-corrected chi connectivity index (χ2v) is 13.2. The Morgan fingerprint density at radius 3 is 1.23 bits per heavy atom. The lowest BCUT2D eigenvalue weighted by atomic mass is 9.87. The van der Waals surface area contributed by atoms with E-state index in [9.17, 15) is 9.59 Å². The zero-order valence-electron chi connectivity index (χ0n) is 32.7. The first-order valence-corrected chi connectivity index (χ1v) is 17.9.